The van der Waals surface area contributed by atoms with E-state index < -0.39 is 22.9 Å². The number of rotatable bonds is 10. The molecule has 6 nitrogen and oxygen atoms in total. The molecule has 0 saturated heterocycles. The molecule has 0 unspecified atom stereocenters. The van der Waals surface area contributed by atoms with Gasteiger partial charge >= 0.3 is 5.97 Å². The van der Waals surface area contributed by atoms with Crippen molar-refractivity contribution in [1.82, 2.24) is 0 Å². The highest BCUT2D eigenvalue weighted by atomic mass is 32.2. The molecule has 39 heavy (non-hydrogen) atoms. The van der Waals surface area contributed by atoms with Crippen LogP contribution in [0.5, 0.6) is 17.2 Å². The van der Waals surface area contributed by atoms with E-state index in [0.29, 0.717) is 39.7 Å². The maximum atomic E-state index is 13.4. The summed E-state index contributed by atoms with van der Waals surface area (Å²) in [4.78, 5) is 14.1. The van der Waals surface area contributed by atoms with Crippen LogP contribution in [0.25, 0.3) is 0 Å². The molecule has 0 heterocycles. The molecular formula is C32H39NO5S. The van der Waals surface area contributed by atoms with Gasteiger partial charge in [0.25, 0.3) is 0 Å². The average molecular weight is 550 g/mol. The van der Waals surface area contributed by atoms with Crippen LogP contribution in [0.15, 0.2) is 77.7 Å². The first kappa shape index (κ1) is 28.8. The number of methoxy groups -OCH3 is 1. The molecule has 208 valence electrons. The smallest absolute Gasteiger partial charge is 0.337 e. The lowest BCUT2D eigenvalue weighted by atomic mass is 9.75. The molecule has 7 heteroatoms. The number of nitrogen functional groups attached to an aromatic ring is 1. The first-order chi connectivity index (χ1) is 18.7. The van der Waals surface area contributed by atoms with Gasteiger partial charge in [0, 0.05) is 10.6 Å². The van der Waals surface area contributed by atoms with E-state index in [2.05, 4.69) is 13.8 Å². The van der Waals surface area contributed by atoms with Gasteiger partial charge in [0.1, 0.15) is 22.8 Å². The lowest BCUT2D eigenvalue weighted by molar-refractivity contribution is -0.172. The summed E-state index contributed by atoms with van der Waals surface area (Å²) < 4.78 is 17.3. The average Bonchev–Trinajstić information content (AvgIpc) is 2.93. The van der Waals surface area contributed by atoms with Crippen molar-refractivity contribution >= 4 is 23.4 Å². The van der Waals surface area contributed by atoms with E-state index in [1.54, 1.807) is 19.2 Å². The van der Waals surface area contributed by atoms with Crippen molar-refractivity contribution in [1.29, 1.82) is 0 Å². The molecule has 0 aromatic heterocycles. The van der Waals surface area contributed by atoms with Crippen molar-refractivity contribution in [2.75, 3.05) is 12.8 Å². The van der Waals surface area contributed by atoms with Crippen LogP contribution in [0.3, 0.4) is 0 Å². The molecule has 1 fully saturated rings. The number of carbonyl (C=O) groups is 1. The predicted molar refractivity (Wildman–Crippen MR) is 156 cm³/mol. The summed E-state index contributed by atoms with van der Waals surface area (Å²) in [7, 11) is 1.60. The second-order valence-electron chi connectivity index (χ2n) is 10.8. The fourth-order valence-electron chi connectivity index (χ4n) is 5.00. The molecule has 0 spiro atoms. The molecule has 3 aromatic carbocycles. The Morgan fingerprint density at radius 3 is 2.23 bits per heavy atom. The Morgan fingerprint density at radius 2 is 1.62 bits per heavy atom. The van der Waals surface area contributed by atoms with Crippen LogP contribution in [0.1, 0.15) is 57.3 Å². The van der Waals surface area contributed by atoms with Crippen LogP contribution in [0.2, 0.25) is 0 Å². The molecule has 1 aliphatic rings. The number of carbonyl (C=O) groups excluding carboxylic acids is 1. The highest BCUT2D eigenvalue weighted by Crippen LogP contribution is 2.44. The van der Waals surface area contributed by atoms with E-state index >= 15 is 0 Å². The molecule has 2 atom stereocenters. The van der Waals surface area contributed by atoms with Gasteiger partial charge < -0.3 is 25.1 Å². The molecule has 3 aromatic rings. The van der Waals surface area contributed by atoms with Gasteiger partial charge in [-0.15, -0.1) is 11.8 Å². The number of nitrogens with two attached hydrogens (primary N) is 1. The van der Waals surface area contributed by atoms with E-state index in [4.69, 9.17) is 19.9 Å². The molecule has 4 rings (SSSR count). The molecule has 0 aliphatic heterocycles. The molecule has 0 bridgehead atoms. The predicted octanol–water partition coefficient (Wildman–Crippen LogP) is 7.41. The topological polar surface area (TPSA) is 91.0 Å². The number of esters is 1. The van der Waals surface area contributed by atoms with E-state index in [1.807, 2.05) is 67.6 Å². The maximum absolute atomic E-state index is 13.4. The summed E-state index contributed by atoms with van der Waals surface area (Å²) in [6.45, 7) is 6.46. The molecule has 0 radical (unpaired) electrons. The van der Waals surface area contributed by atoms with Crippen molar-refractivity contribution in [2.24, 2.45) is 11.8 Å². The molecule has 3 N–H and O–H groups in total. The molecule has 1 saturated carbocycles. The van der Waals surface area contributed by atoms with E-state index in [0.717, 1.165) is 31.2 Å². The zero-order valence-corrected chi connectivity index (χ0v) is 23.9. The minimum atomic E-state index is -1.40. The minimum Gasteiger partial charge on any atom is -0.497 e. The monoisotopic (exact) mass is 549 g/mol. The van der Waals surface area contributed by atoms with E-state index in [9.17, 15) is 9.90 Å². The van der Waals surface area contributed by atoms with Gasteiger partial charge in [-0.25, -0.2) is 4.79 Å². The van der Waals surface area contributed by atoms with Gasteiger partial charge in [0.15, 0.2) is 6.10 Å². The highest BCUT2D eigenvalue weighted by Gasteiger charge is 2.39. The second-order valence-corrected chi connectivity index (χ2v) is 12.0. The third-order valence-electron chi connectivity index (χ3n) is 7.57. The van der Waals surface area contributed by atoms with Gasteiger partial charge in [-0.2, -0.15) is 0 Å². The minimum absolute atomic E-state index is 0.526. The molecule has 1 aliphatic carbocycles. The normalized spacial score (nSPS) is 20.7. The Hall–Kier alpha value is -3.16. The zero-order chi connectivity index (χ0) is 28.0. The number of thioether (sulfide) groups is 1. The van der Waals surface area contributed by atoms with E-state index in [1.165, 1.54) is 11.8 Å². The largest absolute Gasteiger partial charge is 0.497 e. The fraction of sp³-hybridized carbons (Fsp3) is 0.406. The summed E-state index contributed by atoms with van der Waals surface area (Å²) in [6, 6.07) is 22.2. The SMILES string of the molecule is COc1ccc([C@H](Sc2cc(Oc3ccccc3)ccc2N)[C@@H](O)C(=O)OC2(C)CCC(C(C)C)CC2)cc1. The Kier molecular flexibility index (Phi) is 9.46. The number of aliphatic hydroxyl groups excluding tert-OH is 1. The third kappa shape index (κ3) is 7.49. The fourth-order valence-corrected chi connectivity index (χ4v) is 6.19. The Morgan fingerprint density at radius 1 is 0.974 bits per heavy atom. The molecule has 0 amide bonds. The van der Waals surface area contributed by atoms with Crippen LogP contribution >= 0.6 is 11.8 Å². The van der Waals surface area contributed by atoms with Crippen LogP contribution in [0, 0.1) is 11.8 Å². The van der Waals surface area contributed by atoms with Crippen molar-refractivity contribution < 1.29 is 24.1 Å². The quantitative estimate of drug-likeness (QED) is 0.155. The van der Waals surface area contributed by atoms with Gasteiger partial charge in [-0.3, -0.25) is 0 Å². The zero-order valence-electron chi connectivity index (χ0n) is 23.1. The van der Waals surface area contributed by atoms with Gasteiger partial charge in [-0.05, 0) is 92.5 Å². The number of anilines is 1. The number of benzene rings is 3. The Labute approximate surface area is 235 Å². The lowest BCUT2D eigenvalue weighted by Gasteiger charge is -2.39. The van der Waals surface area contributed by atoms with Gasteiger partial charge in [-0.1, -0.05) is 44.2 Å². The van der Waals surface area contributed by atoms with Crippen molar-refractivity contribution in [3.8, 4) is 17.2 Å². The van der Waals surface area contributed by atoms with Crippen molar-refractivity contribution in [3.05, 3.63) is 78.4 Å². The lowest BCUT2D eigenvalue weighted by Crippen LogP contribution is -2.41. The van der Waals surface area contributed by atoms with Crippen molar-refractivity contribution in [2.45, 2.75) is 68.3 Å². The Bertz CT molecular complexity index is 1220. The number of hydrogen-bond acceptors (Lipinski definition) is 7. The van der Waals surface area contributed by atoms with Crippen LogP contribution < -0.4 is 15.2 Å². The number of hydrogen-bond donors (Lipinski definition) is 2. The van der Waals surface area contributed by atoms with Crippen molar-refractivity contribution in [3.63, 3.8) is 0 Å². The number of aliphatic hydroxyl groups is 1. The standard InChI is InChI=1S/C32H39NO5S/c1-21(2)22-16-18-32(3,19-17-22)38-31(35)29(34)30(23-10-12-24(36-4)13-11-23)39-28-20-26(14-15-27(28)33)37-25-8-6-5-7-9-25/h5-15,20-22,29-30,34H,16-19,33H2,1-4H3/t22?,29-,30+,32?/m1/s1. The summed E-state index contributed by atoms with van der Waals surface area (Å²) in [6.07, 6.45) is 2.21. The number of ether oxygens (including phenoxy) is 3. The highest BCUT2D eigenvalue weighted by molar-refractivity contribution is 7.99. The van der Waals surface area contributed by atoms with Gasteiger partial charge in [0.05, 0.1) is 12.4 Å². The summed E-state index contributed by atoms with van der Waals surface area (Å²) in [5, 5.41) is 10.7. The second kappa shape index (κ2) is 12.8. The summed E-state index contributed by atoms with van der Waals surface area (Å²) in [5.74, 6) is 2.62. The molecular weight excluding hydrogens is 510 g/mol. The Balaban J connectivity index is 1.56. The first-order valence-electron chi connectivity index (χ1n) is 13.5. The maximum Gasteiger partial charge on any atom is 0.337 e. The summed E-state index contributed by atoms with van der Waals surface area (Å²) >= 11 is 1.31. The van der Waals surface area contributed by atoms with Crippen LogP contribution in [0.4, 0.5) is 5.69 Å². The van der Waals surface area contributed by atoms with E-state index in [-0.39, 0.29) is 0 Å². The van der Waals surface area contributed by atoms with Gasteiger partial charge in [0.2, 0.25) is 0 Å². The summed E-state index contributed by atoms with van der Waals surface area (Å²) in [5.41, 5.74) is 7.05. The van der Waals surface area contributed by atoms with Crippen LogP contribution in [-0.4, -0.2) is 29.9 Å². The van der Waals surface area contributed by atoms with Crippen LogP contribution in [-0.2, 0) is 9.53 Å². The number of para-hydroxylation sites is 1. The first-order valence-corrected chi connectivity index (χ1v) is 14.4. The third-order valence-corrected chi connectivity index (χ3v) is 8.96.